The van der Waals surface area contributed by atoms with Crippen LogP contribution in [0.25, 0.3) is 5.57 Å². The summed E-state index contributed by atoms with van der Waals surface area (Å²) >= 11 is 0. The highest BCUT2D eigenvalue weighted by Gasteiger charge is 2.24. The van der Waals surface area contributed by atoms with Crippen LogP contribution >= 0.6 is 0 Å². The Morgan fingerprint density at radius 1 is 1.05 bits per heavy atom. The average molecular weight is 493 g/mol. The van der Waals surface area contributed by atoms with Crippen LogP contribution in [0.5, 0.6) is 0 Å². The number of hydrogen-bond donors (Lipinski definition) is 2. The van der Waals surface area contributed by atoms with Gasteiger partial charge in [-0.25, -0.2) is 0 Å². The van der Waals surface area contributed by atoms with Crippen molar-refractivity contribution in [1.29, 1.82) is 0 Å². The summed E-state index contributed by atoms with van der Waals surface area (Å²) in [6.45, 7) is 3.28. The molecule has 6 rings (SSSR count). The van der Waals surface area contributed by atoms with Gasteiger partial charge in [0, 0.05) is 67.1 Å². The van der Waals surface area contributed by atoms with Gasteiger partial charge in [-0.3, -0.25) is 24.8 Å². The number of aromatic amines is 1. The molecule has 2 N–H and O–H groups in total. The fraction of sp³-hybridized carbons (Fsp3) is 0.333. The van der Waals surface area contributed by atoms with Gasteiger partial charge in [0.2, 0.25) is 0 Å². The molecule has 3 aliphatic rings. The zero-order valence-corrected chi connectivity index (χ0v) is 21.0. The Morgan fingerprint density at radius 2 is 1.92 bits per heavy atom. The number of nitrogens with zero attached hydrogens (tertiary/aromatic N) is 4. The number of H-pyrrole nitrogens is 1. The Labute approximate surface area is 217 Å². The summed E-state index contributed by atoms with van der Waals surface area (Å²) in [5.41, 5.74) is 9.26. The first-order valence-electron chi connectivity index (χ1n) is 13.2. The van der Waals surface area contributed by atoms with Crippen molar-refractivity contribution < 1.29 is 4.79 Å². The summed E-state index contributed by atoms with van der Waals surface area (Å²) in [7, 11) is 0. The predicted octanol–water partition coefficient (Wildman–Crippen LogP) is 4.63. The molecule has 188 valence electrons. The molecule has 0 unspecified atom stereocenters. The number of aliphatic imine (C=N–C) groups is 1. The molecule has 1 fully saturated rings. The zero-order chi connectivity index (χ0) is 25.0. The SMILES string of the molecule is O=C(NC1=CN=C(Cc2ccccc2)CC1)c1n[nH]c2c1CC(c1cncc(CN3CCCC3)c1)=CC2. The molecule has 0 spiro atoms. The molecule has 0 atom stereocenters. The highest BCUT2D eigenvalue weighted by Crippen LogP contribution is 2.29. The molecule has 7 heteroatoms. The van der Waals surface area contributed by atoms with Crippen LogP contribution in [0.4, 0.5) is 0 Å². The number of fused-ring (bicyclic) bond motifs is 1. The van der Waals surface area contributed by atoms with E-state index in [2.05, 4.69) is 54.7 Å². The van der Waals surface area contributed by atoms with Crippen molar-refractivity contribution in [1.82, 2.24) is 25.4 Å². The molecule has 0 bridgehead atoms. The number of aromatic nitrogens is 3. The van der Waals surface area contributed by atoms with Crippen molar-refractivity contribution in [3.05, 3.63) is 100 Å². The Balaban J connectivity index is 1.12. The topological polar surface area (TPSA) is 86.3 Å². The number of likely N-dealkylation sites (tertiary alicyclic amines) is 1. The molecule has 7 nitrogen and oxygen atoms in total. The third-order valence-corrected chi connectivity index (χ3v) is 7.47. The molecule has 1 aromatic carbocycles. The number of carbonyl (C=O) groups excluding carboxylic acids is 1. The molecule has 0 saturated carbocycles. The van der Waals surface area contributed by atoms with Crippen molar-refractivity contribution >= 4 is 17.2 Å². The van der Waals surface area contributed by atoms with E-state index in [-0.39, 0.29) is 5.91 Å². The molecule has 1 amide bonds. The normalized spacial score (nSPS) is 17.6. The molecule has 1 saturated heterocycles. The van der Waals surface area contributed by atoms with E-state index < -0.39 is 0 Å². The summed E-state index contributed by atoms with van der Waals surface area (Å²) in [6, 6.07) is 12.6. The van der Waals surface area contributed by atoms with Gasteiger partial charge in [0.15, 0.2) is 5.69 Å². The maximum Gasteiger partial charge on any atom is 0.276 e. The van der Waals surface area contributed by atoms with E-state index in [4.69, 9.17) is 0 Å². The van der Waals surface area contributed by atoms with Crippen molar-refractivity contribution in [3.8, 4) is 0 Å². The van der Waals surface area contributed by atoms with Gasteiger partial charge in [-0.2, -0.15) is 5.10 Å². The summed E-state index contributed by atoms with van der Waals surface area (Å²) < 4.78 is 0. The summed E-state index contributed by atoms with van der Waals surface area (Å²) in [4.78, 5) is 24.8. The largest absolute Gasteiger partial charge is 0.323 e. The zero-order valence-electron chi connectivity index (χ0n) is 21.0. The molecule has 1 aliphatic carbocycles. The standard InChI is InChI=1S/C30H32N6O/c37-30(33-26-10-9-25(32-19-26)15-21-6-2-1-3-7-21)29-27-16-23(8-11-28(27)34-35-29)24-14-22(17-31-18-24)20-36-12-4-5-13-36/h1-3,6-8,14,17-19H,4-5,9-13,15-16,20H2,(H,33,37)(H,34,35). The minimum Gasteiger partial charge on any atom is -0.323 e. The Hall–Kier alpha value is -3.84. The molecule has 4 heterocycles. The minimum absolute atomic E-state index is 0.174. The van der Waals surface area contributed by atoms with Gasteiger partial charge in [-0.15, -0.1) is 0 Å². The van der Waals surface area contributed by atoms with Gasteiger partial charge in [0.1, 0.15) is 0 Å². The fourth-order valence-electron chi connectivity index (χ4n) is 5.45. The number of pyridine rings is 1. The first kappa shape index (κ1) is 23.6. The second-order valence-corrected chi connectivity index (χ2v) is 10.2. The van der Waals surface area contributed by atoms with E-state index in [1.165, 1.54) is 42.6 Å². The number of benzene rings is 1. The van der Waals surface area contributed by atoms with Crippen LogP contribution in [0.3, 0.4) is 0 Å². The van der Waals surface area contributed by atoms with Crippen molar-refractivity contribution in [2.45, 2.75) is 51.5 Å². The van der Waals surface area contributed by atoms with Gasteiger partial charge < -0.3 is 5.32 Å². The molecule has 3 aromatic rings. The van der Waals surface area contributed by atoms with Crippen LogP contribution in [0.15, 0.2) is 71.8 Å². The maximum atomic E-state index is 13.2. The lowest BCUT2D eigenvalue weighted by Gasteiger charge is -2.18. The summed E-state index contributed by atoms with van der Waals surface area (Å²) in [5.74, 6) is -0.174. The van der Waals surface area contributed by atoms with E-state index >= 15 is 0 Å². The molecular weight excluding hydrogens is 460 g/mol. The lowest BCUT2D eigenvalue weighted by molar-refractivity contribution is 0.0958. The number of nitrogens with one attached hydrogen (secondary N) is 2. The van der Waals surface area contributed by atoms with Crippen LogP contribution in [0, 0.1) is 0 Å². The van der Waals surface area contributed by atoms with Crippen LogP contribution in [-0.2, 0) is 25.8 Å². The van der Waals surface area contributed by atoms with Gasteiger partial charge in [0.05, 0.1) is 0 Å². The van der Waals surface area contributed by atoms with Crippen LogP contribution in [0.1, 0.15) is 64.1 Å². The van der Waals surface area contributed by atoms with Crippen molar-refractivity contribution in [2.24, 2.45) is 4.99 Å². The number of carbonyl (C=O) groups is 1. The Morgan fingerprint density at radius 3 is 2.73 bits per heavy atom. The predicted molar refractivity (Wildman–Crippen MR) is 145 cm³/mol. The number of hydrogen-bond acceptors (Lipinski definition) is 5. The van der Waals surface area contributed by atoms with E-state index in [1.807, 2.05) is 30.6 Å². The third kappa shape index (κ3) is 5.47. The fourth-order valence-corrected chi connectivity index (χ4v) is 5.45. The first-order chi connectivity index (χ1) is 18.2. The lowest BCUT2D eigenvalue weighted by Crippen LogP contribution is -2.26. The summed E-state index contributed by atoms with van der Waals surface area (Å²) in [6.07, 6.45) is 14.3. The molecule has 2 aromatic heterocycles. The average Bonchev–Trinajstić information content (AvgIpc) is 3.60. The van der Waals surface area contributed by atoms with E-state index in [1.54, 1.807) is 6.20 Å². The summed E-state index contributed by atoms with van der Waals surface area (Å²) in [5, 5.41) is 10.5. The first-order valence-corrected chi connectivity index (χ1v) is 13.2. The lowest BCUT2D eigenvalue weighted by atomic mass is 9.90. The number of allylic oxidation sites excluding steroid dienone is 3. The van der Waals surface area contributed by atoms with Gasteiger partial charge in [0.25, 0.3) is 5.91 Å². The van der Waals surface area contributed by atoms with E-state index in [0.29, 0.717) is 12.1 Å². The van der Waals surface area contributed by atoms with Crippen LogP contribution in [-0.4, -0.2) is 44.8 Å². The highest BCUT2D eigenvalue weighted by molar-refractivity contribution is 5.96. The molecule has 2 aliphatic heterocycles. The quantitative estimate of drug-likeness (QED) is 0.504. The van der Waals surface area contributed by atoms with Gasteiger partial charge in [-0.05, 0) is 67.1 Å². The number of rotatable bonds is 7. The van der Waals surface area contributed by atoms with Gasteiger partial charge in [-0.1, -0.05) is 36.4 Å². The smallest absolute Gasteiger partial charge is 0.276 e. The van der Waals surface area contributed by atoms with Crippen molar-refractivity contribution in [2.75, 3.05) is 13.1 Å². The molecule has 0 radical (unpaired) electrons. The maximum absolute atomic E-state index is 13.2. The molecule has 37 heavy (non-hydrogen) atoms. The number of amides is 1. The Bertz CT molecular complexity index is 1380. The monoisotopic (exact) mass is 492 g/mol. The second kappa shape index (κ2) is 10.6. The van der Waals surface area contributed by atoms with E-state index in [9.17, 15) is 4.79 Å². The van der Waals surface area contributed by atoms with E-state index in [0.717, 1.165) is 60.5 Å². The van der Waals surface area contributed by atoms with Gasteiger partial charge >= 0.3 is 0 Å². The second-order valence-electron chi connectivity index (χ2n) is 10.2. The highest BCUT2D eigenvalue weighted by atomic mass is 16.2. The minimum atomic E-state index is -0.174. The molecular formula is C30H32N6O. The Kier molecular flexibility index (Phi) is 6.78. The van der Waals surface area contributed by atoms with Crippen molar-refractivity contribution in [3.63, 3.8) is 0 Å². The van der Waals surface area contributed by atoms with Crippen LogP contribution in [0.2, 0.25) is 0 Å². The van der Waals surface area contributed by atoms with Crippen LogP contribution < -0.4 is 5.32 Å². The third-order valence-electron chi connectivity index (χ3n) is 7.47.